The first-order valence-corrected chi connectivity index (χ1v) is 8.57. The van der Waals surface area contributed by atoms with E-state index in [9.17, 15) is 22.8 Å². The average Bonchev–Trinajstić information content (AvgIpc) is 2.92. The van der Waals surface area contributed by atoms with E-state index in [2.05, 4.69) is 5.32 Å². The Morgan fingerprint density at radius 3 is 2.69 bits per heavy atom. The maximum atomic E-state index is 12.9. The Morgan fingerprint density at radius 2 is 2.08 bits per heavy atom. The lowest BCUT2D eigenvalue weighted by Crippen LogP contribution is -2.34. The van der Waals surface area contributed by atoms with E-state index in [0.29, 0.717) is 6.54 Å². The third kappa shape index (κ3) is 5.11. The van der Waals surface area contributed by atoms with Crippen LogP contribution in [0, 0.1) is 5.92 Å². The van der Waals surface area contributed by atoms with Gasteiger partial charge >= 0.3 is 6.18 Å². The number of rotatable bonds is 6. The SMILES string of the molecule is CN(C)CCCNC(=O)C1CC(=O)N(c2cc(C(F)(F)F)ccc2Cl)C1. The number of anilines is 1. The van der Waals surface area contributed by atoms with E-state index in [1.54, 1.807) is 0 Å². The molecule has 0 spiro atoms. The van der Waals surface area contributed by atoms with Crippen LogP contribution in [0.4, 0.5) is 18.9 Å². The van der Waals surface area contributed by atoms with Gasteiger partial charge in [-0.05, 0) is 45.3 Å². The Balaban J connectivity index is 2.04. The molecule has 1 saturated heterocycles. The van der Waals surface area contributed by atoms with Crippen LogP contribution in [0.2, 0.25) is 5.02 Å². The third-order valence-electron chi connectivity index (χ3n) is 4.14. The largest absolute Gasteiger partial charge is 0.416 e. The first-order valence-electron chi connectivity index (χ1n) is 8.19. The highest BCUT2D eigenvalue weighted by Gasteiger charge is 2.37. The van der Waals surface area contributed by atoms with Gasteiger partial charge in [-0.25, -0.2) is 0 Å². The number of nitrogens with one attached hydrogen (secondary N) is 1. The second-order valence-electron chi connectivity index (χ2n) is 6.52. The molecule has 1 aliphatic heterocycles. The summed E-state index contributed by atoms with van der Waals surface area (Å²) >= 11 is 5.98. The lowest BCUT2D eigenvalue weighted by Gasteiger charge is -2.20. The minimum Gasteiger partial charge on any atom is -0.356 e. The predicted molar refractivity (Wildman–Crippen MR) is 93.1 cm³/mol. The molecule has 1 atom stereocenters. The molecule has 2 amide bonds. The molecule has 0 radical (unpaired) electrons. The quantitative estimate of drug-likeness (QED) is 0.759. The summed E-state index contributed by atoms with van der Waals surface area (Å²) in [4.78, 5) is 27.6. The third-order valence-corrected chi connectivity index (χ3v) is 4.46. The Labute approximate surface area is 155 Å². The summed E-state index contributed by atoms with van der Waals surface area (Å²) in [6, 6.07) is 2.82. The number of benzene rings is 1. The molecule has 1 heterocycles. The van der Waals surface area contributed by atoms with Crippen molar-refractivity contribution in [3.63, 3.8) is 0 Å². The lowest BCUT2D eigenvalue weighted by atomic mass is 10.1. The van der Waals surface area contributed by atoms with Crippen LogP contribution in [0.3, 0.4) is 0 Å². The minimum absolute atomic E-state index is 0.0133. The summed E-state index contributed by atoms with van der Waals surface area (Å²) in [5.41, 5.74) is -0.907. The van der Waals surface area contributed by atoms with E-state index >= 15 is 0 Å². The van der Waals surface area contributed by atoms with Gasteiger partial charge in [0.25, 0.3) is 0 Å². The Morgan fingerprint density at radius 1 is 1.38 bits per heavy atom. The molecule has 2 rings (SSSR count). The molecule has 5 nitrogen and oxygen atoms in total. The fourth-order valence-corrected chi connectivity index (χ4v) is 2.98. The van der Waals surface area contributed by atoms with Crippen LogP contribution < -0.4 is 10.2 Å². The number of halogens is 4. The molecule has 0 saturated carbocycles. The van der Waals surface area contributed by atoms with Crippen LogP contribution in [0.15, 0.2) is 18.2 Å². The molecule has 26 heavy (non-hydrogen) atoms. The number of alkyl halides is 3. The molecule has 1 fully saturated rings. The fourth-order valence-electron chi connectivity index (χ4n) is 2.76. The van der Waals surface area contributed by atoms with Crippen molar-refractivity contribution in [1.29, 1.82) is 0 Å². The van der Waals surface area contributed by atoms with Crippen molar-refractivity contribution in [2.24, 2.45) is 5.92 Å². The first-order chi connectivity index (χ1) is 12.1. The first kappa shape index (κ1) is 20.5. The molecule has 1 aromatic carbocycles. The summed E-state index contributed by atoms with van der Waals surface area (Å²) < 4.78 is 38.7. The van der Waals surface area contributed by atoms with Gasteiger partial charge < -0.3 is 15.1 Å². The predicted octanol–water partition coefficient (Wildman–Crippen LogP) is 2.78. The molecule has 1 aliphatic rings. The van der Waals surface area contributed by atoms with E-state index in [1.165, 1.54) is 0 Å². The van der Waals surface area contributed by atoms with Crippen LogP contribution in [-0.4, -0.2) is 50.4 Å². The van der Waals surface area contributed by atoms with Crippen LogP contribution in [0.1, 0.15) is 18.4 Å². The van der Waals surface area contributed by atoms with Crippen LogP contribution >= 0.6 is 11.6 Å². The van der Waals surface area contributed by atoms with Crippen LogP contribution in [0.5, 0.6) is 0 Å². The van der Waals surface area contributed by atoms with Crippen molar-refractivity contribution in [3.8, 4) is 0 Å². The Kier molecular flexibility index (Phi) is 6.52. The van der Waals surface area contributed by atoms with Gasteiger partial charge in [0.05, 0.1) is 22.2 Å². The van der Waals surface area contributed by atoms with Gasteiger partial charge in [-0.15, -0.1) is 0 Å². The van der Waals surface area contributed by atoms with E-state index in [-0.39, 0.29) is 29.6 Å². The smallest absolute Gasteiger partial charge is 0.356 e. The van der Waals surface area contributed by atoms with Gasteiger partial charge in [-0.3, -0.25) is 9.59 Å². The van der Waals surface area contributed by atoms with Crippen molar-refractivity contribution >= 4 is 29.1 Å². The molecule has 0 aliphatic carbocycles. The summed E-state index contributed by atoms with van der Waals surface area (Å²) in [6.45, 7) is 1.31. The lowest BCUT2D eigenvalue weighted by molar-refractivity contribution is -0.137. The maximum absolute atomic E-state index is 12.9. The molecule has 1 aromatic rings. The normalized spacial score (nSPS) is 17.9. The van der Waals surface area contributed by atoms with Gasteiger partial charge in [-0.1, -0.05) is 11.6 Å². The summed E-state index contributed by atoms with van der Waals surface area (Å²) in [6.07, 6.45) is -3.82. The summed E-state index contributed by atoms with van der Waals surface area (Å²) in [5.74, 6) is -1.30. The Hall–Kier alpha value is -1.80. The zero-order valence-electron chi connectivity index (χ0n) is 14.6. The molecule has 0 bridgehead atoms. The highest BCUT2D eigenvalue weighted by molar-refractivity contribution is 6.34. The van der Waals surface area contributed by atoms with Crippen LogP contribution in [0.25, 0.3) is 0 Å². The Bertz CT molecular complexity index is 680. The number of carbonyl (C=O) groups excluding carboxylic acids is 2. The average molecular weight is 392 g/mol. The number of carbonyl (C=O) groups is 2. The highest BCUT2D eigenvalue weighted by Crippen LogP contribution is 2.37. The molecule has 9 heteroatoms. The zero-order chi connectivity index (χ0) is 19.5. The monoisotopic (exact) mass is 391 g/mol. The number of hydrogen-bond donors (Lipinski definition) is 1. The van der Waals surface area contributed by atoms with Crippen LogP contribution in [-0.2, 0) is 15.8 Å². The van der Waals surface area contributed by atoms with Gasteiger partial charge in [0, 0.05) is 19.5 Å². The maximum Gasteiger partial charge on any atom is 0.416 e. The fraction of sp³-hybridized carbons (Fsp3) is 0.529. The molecular formula is C17H21ClF3N3O2. The molecule has 1 unspecified atom stereocenters. The van der Waals surface area contributed by atoms with E-state index in [0.717, 1.165) is 36.1 Å². The molecule has 0 aromatic heterocycles. The van der Waals surface area contributed by atoms with Crippen molar-refractivity contribution in [2.75, 3.05) is 38.6 Å². The zero-order valence-corrected chi connectivity index (χ0v) is 15.3. The van der Waals surface area contributed by atoms with Crippen molar-refractivity contribution in [2.45, 2.75) is 19.0 Å². The van der Waals surface area contributed by atoms with Gasteiger partial charge in [0.1, 0.15) is 0 Å². The highest BCUT2D eigenvalue weighted by atomic mass is 35.5. The second-order valence-corrected chi connectivity index (χ2v) is 6.92. The van der Waals surface area contributed by atoms with Crippen molar-refractivity contribution in [1.82, 2.24) is 10.2 Å². The number of hydrogen-bond acceptors (Lipinski definition) is 3. The molecule has 1 N–H and O–H groups in total. The van der Waals surface area contributed by atoms with Crippen molar-refractivity contribution < 1.29 is 22.8 Å². The standard InChI is InChI=1S/C17H21ClF3N3O2/c1-23(2)7-3-6-22-16(26)11-8-15(25)24(10-11)14-9-12(17(19,20)21)4-5-13(14)18/h4-5,9,11H,3,6-8,10H2,1-2H3,(H,22,26). The van der Waals surface area contributed by atoms with E-state index < -0.39 is 23.6 Å². The minimum atomic E-state index is -4.54. The molecule has 144 valence electrons. The summed E-state index contributed by atoms with van der Waals surface area (Å²) in [5, 5.41) is 2.81. The number of nitrogens with zero attached hydrogens (tertiary/aromatic N) is 2. The van der Waals surface area contributed by atoms with Gasteiger partial charge in [0.15, 0.2) is 0 Å². The van der Waals surface area contributed by atoms with Crippen molar-refractivity contribution in [3.05, 3.63) is 28.8 Å². The second kappa shape index (κ2) is 8.26. The number of amides is 2. The van der Waals surface area contributed by atoms with E-state index in [1.807, 2.05) is 19.0 Å². The van der Waals surface area contributed by atoms with Gasteiger partial charge in [-0.2, -0.15) is 13.2 Å². The summed E-state index contributed by atoms with van der Waals surface area (Å²) in [7, 11) is 3.85. The van der Waals surface area contributed by atoms with E-state index in [4.69, 9.17) is 11.6 Å². The topological polar surface area (TPSA) is 52.7 Å². The molecular weight excluding hydrogens is 371 g/mol. The van der Waals surface area contributed by atoms with Gasteiger partial charge in [0.2, 0.25) is 11.8 Å².